The molecule has 4 heterocycles. The number of piperidine rings is 1. The highest BCUT2D eigenvalue weighted by atomic mass is 16.5. The monoisotopic (exact) mass is 591 g/mol. The third-order valence-corrected chi connectivity index (χ3v) is 7.67. The molecule has 1 saturated heterocycles. The number of nitrogen functional groups attached to an aromatic ring is 1. The molecule has 2 aliphatic rings. The molecule has 2 aliphatic heterocycles. The molecule has 0 bridgehead atoms. The molecule has 7 rings (SSSR count). The highest BCUT2D eigenvalue weighted by molar-refractivity contribution is 5.98. The van der Waals surface area contributed by atoms with Gasteiger partial charge in [-0.3, -0.25) is 9.59 Å². The van der Waals surface area contributed by atoms with E-state index in [1.54, 1.807) is 24.3 Å². The second kappa shape index (κ2) is 12.9. The standard InChI is InChI=1S/C24H25N7O.C9H8O3/c25-23-21-22(30-31(24(21)28-14-27-23)17-9-11-26-12-10-17)15-5-7-16(8-6-15)29-19-13-32-20-4-2-1-3-18(19)20;1-7(11)12-9-5-3-2-4-8(9)6-10/h1-8,14,17,19,26,29H,9-13H2,(H2,25,27,28);2-6H,1H3. The van der Waals surface area contributed by atoms with Crippen molar-refractivity contribution in [2.45, 2.75) is 31.8 Å². The van der Waals surface area contributed by atoms with Gasteiger partial charge in [0.25, 0.3) is 0 Å². The normalized spacial score (nSPS) is 15.9. The molecule has 0 aliphatic carbocycles. The number of ether oxygens (including phenoxy) is 2. The summed E-state index contributed by atoms with van der Waals surface area (Å²) in [5.74, 6) is 1.29. The molecule has 1 atom stereocenters. The van der Waals surface area contributed by atoms with Crippen LogP contribution in [0.5, 0.6) is 11.5 Å². The largest absolute Gasteiger partial charge is 0.491 e. The van der Waals surface area contributed by atoms with Gasteiger partial charge in [0.2, 0.25) is 0 Å². The van der Waals surface area contributed by atoms with Gasteiger partial charge < -0.3 is 25.8 Å². The Balaban J connectivity index is 0.000000242. The van der Waals surface area contributed by atoms with E-state index < -0.39 is 5.97 Å². The Bertz CT molecular complexity index is 1780. The predicted molar refractivity (Wildman–Crippen MR) is 168 cm³/mol. The summed E-state index contributed by atoms with van der Waals surface area (Å²) in [5.41, 5.74) is 11.5. The number of fused-ring (bicyclic) bond motifs is 2. The number of esters is 1. The van der Waals surface area contributed by atoms with Crippen LogP contribution < -0.4 is 25.8 Å². The zero-order valence-electron chi connectivity index (χ0n) is 24.3. The number of nitrogens with one attached hydrogen (secondary N) is 2. The molecule has 0 radical (unpaired) electrons. The van der Waals surface area contributed by atoms with E-state index in [4.69, 9.17) is 20.3 Å². The van der Waals surface area contributed by atoms with E-state index in [-0.39, 0.29) is 6.04 Å². The summed E-state index contributed by atoms with van der Waals surface area (Å²) >= 11 is 0. The first-order chi connectivity index (χ1) is 21.5. The van der Waals surface area contributed by atoms with Crippen LogP contribution in [0.1, 0.15) is 47.8 Å². The summed E-state index contributed by atoms with van der Waals surface area (Å²) in [6.07, 6.45) is 4.22. The number of anilines is 2. The van der Waals surface area contributed by atoms with E-state index in [9.17, 15) is 9.59 Å². The van der Waals surface area contributed by atoms with Crippen LogP contribution in [0.4, 0.5) is 11.5 Å². The Morgan fingerprint density at radius 1 is 1.05 bits per heavy atom. The van der Waals surface area contributed by atoms with Crippen LogP contribution in [-0.2, 0) is 4.79 Å². The number of rotatable bonds is 6. The van der Waals surface area contributed by atoms with E-state index in [1.807, 2.05) is 22.9 Å². The molecule has 0 spiro atoms. The Morgan fingerprint density at radius 2 is 1.80 bits per heavy atom. The Hall–Kier alpha value is -5.29. The van der Waals surface area contributed by atoms with Gasteiger partial charge in [0.05, 0.1) is 23.0 Å². The summed E-state index contributed by atoms with van der Waals surface area (Å²) in [5, 5.41) is 12.8. The fourth-order valence-electron chi connectivity index (χ4n) is 5.54. The topological polar surface area (TPSA) is 146 Å². The average Bonchev–Trinajstić information content (AvgIpc) is 3.65. The number of aromatic nitrogens is 4. The van der Waals surface area contributed by atoms with Gasteiger partial charge in [0, 0.05) is 23.7 Å². The van der Waals surface area contributed by atoms with Crippen LogP contribution in [0.25, 0.3) is 22.3 Å². The highest BCUT2D eigenvalue weighted by Crippen LogP contribution is 2.36. The molecule has 3 aromatic carbocycles. The van der Waals surface area contributed by atoms with Crippen LogP contribution in [-0.4, -0.2) is 51.7 Å². The number of carbonyl (C=O) groups excluding carboxylic acids is 2. The fraction of sp³-hybridized carbons (Fsp3) is 0.242. The molecule has 4 N–H and O–H groups in total. The zero-order valence-corrected chi connectivity index (χ0v) is 24.3. The summed E-state index contributed by atoms with van der Waals surface area (Å²) in [4.78, 5) is 29.7. The molecule has 44 heavy (non-hydrogen) atoms. The second-order valence-electron chi connectivity index (χ2n) is 10.6. The van der Waals surface area contributed by atoms with Crippen molar-refractivity contribution >= 4 is 34.8 Å². The Labute approximate surface area is 254 Å². The van der Waals surface area contributed by atoms with Gasteiger partial charge in [-0.2, -0.15) is 5.10 Å². The summed E-state index contributed by atoms with van der Waals surface area (Å²) in [7, 11) is 0. The minimum absolute atomic E-state index is 0.140. The molecule has 11 heteroatoms. The van der Waals surface area contributed by atoms with Gasteiger partial charge in [0.15, 0.2) is 11.9 Å². The third kappa shape index (κ3) is 6.09. The maximum atomic E-state index is 10.5. The average molecular weight is 592 g/mol. The maximum Gasteiger partial charge on any atom is 0.308 e. The van der Waals surface area contributed by atoms with Crippen LogP contribution in [0.3, 0.4) is 0 Å². The lowest BCUT2D eigenvalue weighted by atomic mass is 10.1. The number of hydrogen-bond donors (Lipinski definition) is 3. The van der Waals surface area contributed by atoms with Crippen LogP contribution in [0.2, 0.25) is 0 Å². The zero-order chi connectivity index (χ0) is 30.5. The van der Waals surface area contributed by atoms with E-state index in [0.717, 1.165) is 59.7 Å². The quantitative estimate of drug-likeness (QED) is 0.141. The van der Waals surface area contributed by atoms with Crippen LogP contribution in [0.15, 0.2) is 79.1 Å². The van der Waals surface area contributed by atoms with Crippen molar-refractivity contribution in [3.05, 3.63) is 90.3 Å². The van der Waals surface area contributed by atoms with Gasteiger partial charge in [0.1, 0.15) is 35.9 Å². The van der Waals surface area contributed by atoms with Gasteiger partial charge in [-0.1, -0.05) is 42.5 Å². The number of nitrogens with zero attached hydrogens (tertiary/aromatic N) is 4. The molecule has 0 amide bonds. The predicted octanol–water partition coefficient (Wildman–Crippen LogP) is 4.97. The first-order valence-electron chi connectivity index (χ1n) is 14.5. The van der Waals surface area contributed by atoms with E-state index in [0.29, 0.717) is 36.1 Å². The SMILES string of the molecule is CC(=O)Oc1ccccc1C=O.Nc1ncnc2c1c(-c1ccc(NC3COc4ccccc43)cc1)nn2C1CCNCC1. The third-order valence-electron chi connectivity index (χ3n) is 7.67. The second-order valence-corrected chi connectivity index (χ2v) is 10.6. The lowest BCUT2D eigenvalue weighted by Gasteiger charge is -2.23. The van der Waals surface area contributed by atoms with E-state index in [1.165, 1.54) is 18.8 Å². The summed E-state index contributed by atoms with van der Waals surface area (Å²) < 4.78 is 12.6. The molecule has 1 fully saturated rings. The van der Waals surface area contributed by atoms with Crippen molar-refractivity contribution in [2.24, 2.45) is 0 Å². The van der Waals surface area contributed by atoms with Crippen molar-refractivity contribution < 1.29 is 19.1 Å². The molecule has 2 aromatic heterocycles. The number of para-hydroxylation sites is 2. The van der Waals surface area contributed by atoms with E-state index in [2.05, 4.69) is 50.9 Å². The Morgan fingerprint density at radius 3 is 2.57 bits per heavy atom. The smallest absolute Gasteiger partial charge is 0.308 e. The summed E-state index contributed by atoms with van der Waals surface area (Å²) in [6.45, 7) is 3.88. The lowest BCUT2D eigenvalue weighted by Crippen LogP contribution is -2.30. The van der Waals surface area contributed by atoms with Crippen LogP contribution >= 0.6 is 0 Å². The maximum absolute atomic E-state index is 10.5. The van der Waals surface area contributed by atoms with Crippen molar-refractivity contribution in [3.63, 3.8) is 0 Å². The van der Waals surface area contributed by atoms with Gasteiger partial charge in [-0.25, -0.2) is 14.6 Å². The molecular weight excluding hydrogens is 558 g/mol. The first-order valence-corrected chi connectivity index (χ1v) is 14.5. The number of aldehydes is 1. The summed E-state index contributed by atoms with van der Waals surface area (Å²) in [6, 6.07) is 23.5. The number of benzene rings is 3. The van der Waals surface area contributed by atoms with Gasteiger partial charge >= 0.3 is 5.97 Å². The van der Waals surface area contributed by atoms with Crippen LogP contribution in [0, 0.1) is 0 Å². The number of hydrogen-bond acceptors (Lipinski definition) is 10. The molecular formula is C33H33N7O4. The van der Waals surface area contributed by atoms with Gasteiger partial charge in [-0.05, 0) is 56.3 Å². The number of carbonyl (C=O) groups is 2. The van der Waals surface area contributed by atoms with Crippen molar-refractivity contribution in [1.82, 2.24) is 25.1 Å². The minimum atomic E-state index is -0.427. The highest BCUT2D eigenvalue weighted by Gasteiger charge is 2.25. The van der Waals surface area contributed by atoms with Crippen molar-refractivity contribution in [2.75, 3.05) is 30.7 Å². The minimum Gasteiger partial charge on any atom is -0.491 e. The molecule has 11 nitrogen and oxygen atoms in total. The molecule has 1 unspecified atom stereocenters. The molecule has 0 saturated carbocycles. The lowest BCUT2D eigenvalue weighted by molar-refractivity contribution is -0.131. The van der Waals surface area contributed by atoms with Gasteiger partial charge in [-0.15, -0.1) is 0 Å². The number of nitrogens with two attached hydrogens (primary N) is 1. The van der Waals surface area contributed by atoms with Crippen molar-refractivity contribution in [1.29, 1.82) is 0 Å². The fourth-order valence-corrected chi connectivity index (χ4v) is 5.54. The van der Waals surface area contributed by atoms with Crippen molar-refractivity contribution in [3.8, 4) is 22.8 Å². The first kappa shape index (κ1) is 28.8. The Kier molecular flexibility index (Phi) is 8.46. The molecule has 224 valence electrons. The van der Waals surface area contributed by atoms with E-state index >= 15 is 0 Å². The molecule has 5 aromatic rings.